The average molecular weight is 296 g/mol. The molecule has 5 nitrogen and oxygen atoms in total. The van der Waals surface area contributed by atoms with E-state index in [0.717, 1.165) is 0 Å². The highest BCUT2D eigenvalue weighted by atomic mass is 16.4. The van der Waals surface area contributed by atoms with Gasteiger partial charge in [-0.05, 0) is 45.4 Å². The van der Waals surface area contributed by atoms with Gasteiger partial charge in [-0.3, -0.25) is 4.79 Å². The summed E-state index contributed by atoms with van der Waals surface area (Å²) < 4.78 is 0. The van der Waals surface area contributed by atoms with Crippen molar-refractivity contribution in [2.75, 3.05) is 13.1 Å². The van der Waals surface area contributed by atoms with Gasteiger partial charge in [-0.15, -0.1) is 0 Å². The van der Waals surface area contributed by atoms with Crippen LogP contribution in [0.1, 0.15) is 58.8 Å². The van der Waals surface area contributed by atoms with E-state index in [0.29, 0.717) is 31.8 Å². The van der Waals surface area contributed by atoms with Crippen molar-refractivity contribution >= 4 is 12.0 Å². The smallest absolute Gasteiger partial charge is 0.317 e. The van der Waals surface area contributed by atoms with Gasteiger partial charge in [0.25, 0.3) is 0 Å². The summed E-state index contributed by atoms with van der Waals surface area (Å²) in [4.78, 5) is 25.3. The number of carboxylic acid groups (broad SMARTS) is 1. The maximum absolute atomic E-state index is 12.3. The molecule has 5 heteroatoms. The van der Waals surface area contributed by atoms with Crippen molar-refractivity contribution in [3.8, 4) is 0 Å². The second-order valence-corrected chi connectivity index (χ2v) is 6.99. The number of nitrogens with one attached hydrogen (secondary N) is 1. The number of piperidine rings is 1. The van der Waals surface area contributed by atoms with Gasteiger partial charge < -0.3 is 15.3 Å². The van der Waals surface area contributed by atoms with Crippen LogP contribution < -0.4 is 5.32 Å². The summed E-state index contributed by atoms with van der Waals surface area (Å²) >= 11 is 0. The molecule has 120 valence electrons. The van der Waals surface area contributed by atoms with Crippen molar-refractivity contribution in [2.24, 2.45) is 11.3 Å². The zero-order chi connectivity index (χ0) is 15.5. The number of carboxylic acids is 1. The van der Waals surface area contributed by atoms with Crippen LogP contribution in [0.4, 0.5) is 4.79 Å². The van der Waals surface area contributed by atoms with E-state index < -0.39 is 11.4 Å². The lowest BCUT2D eigenvalue weighted by Gasteiger charge is -2.37. The minimum absolute atomic E-state index is 0.0273. The normalized spacial score (nSPS) is 24.4. The molecule has 2 aliphatic rings. The first-order valence-corrected chi connectivity index (χ1v) is 8.21. The second-order valence-electron chi connectivity index (χ2n) is 6.99. The summed E-state index contributed by atoms with van der Waals surface area (Å²) in [6.45, 7) is 4.94. The van der Waals surface area contributed by atoms with Crippen molar-refractivity contribution < 1.29 is 14.7 Å². The Labute approximate surface area is 127 Å². The van der Waals surface area contributed by atoms with E-state index in [-0.39, 0.29) is 12.1 Å². The van der Waals surface area contributed by atoms with Gasteiger partial charge in [0.05, 0.1) is 5.41 Å². The van der Waals surface area contributed by atoms with Gasteiger partial charge in [0.15, 0.2) is 0 Å². The molecule has 0 bridgehead atoms. The van der Waals surface area contributed by atoms with Gasteiger partial charge in [-0.2, -0.15) is 0 Å². The lowest BCUT2D eigenvalue weighted by molar-refractivity contribution is -0.150. The third-order valence-corrected chi connectivity index (χ3v) is 5.38. The Morgan fingerprint density at radius 1 is 1.19 bits per heavy atom. The van der Waals surface area contributed by atoms with Crippen LogP contribution in [0.2, 0.25) is 0 Å². The summed E-state index contributed by atoms with van der Waals surface area (Å²) in [5.74, 6) is -0.157. The summed E-state index contributed by atoms with van der Waals surface area (Å²) in [5, 5.41) is 12.3. The highest BCUT2D eigenvalue weighted by molar-refractivity contribution is 5.77. The highest BCUT2D eigenvalue weighted by Crippen LogP contribution is 2.31. The number of likely N-dealkylation sites (tertiary alicyclic amines) is 1. The summed E-state index contributed by atoms with van der Waals surface area (Å²) in [7, 11) is 0. The topological polar surface area (TPSA) is 69.6 Å². The van der Waals surface area contributed by atoms with Crippen molar-refractivity contribution in [3.63, 3.8) is 0 Å². The van der Waals surface area contributed by atoms with Crippen molar-refractivity contribution in [2.45, 2.75) is 64.8 Å². The quantitative estimate of drug-likeness (QED) is 0.841. The van der Waals surface area contributed by atoms with Crippen LogP contribution in [0, 0.1) is 11.3 Å². The molecule has 2 amide bonds. The lowest BCUT2D eigenvalue weighted by atomic mass is 9.80. The molecule has 1 heterocycles. The highest BCUT2D eigenvalue weighted by Gasteiger charge is 2.38. The SMILES string of the molecule is CC(NC(=O)N1CCC(C)(C(=O)O)CC1)C1CCCCC1. The fraction of sp³-hybridized carbons (Fsp3) is 0.875. The van der Waals surface area contributed by atoms with Crippen molar-refractivity contribution in [1.29, 1.82) is 0 Å². The van der Waals surface area contributed by atoms with Crippen LogP contribution in [-0.2, 0) is 4.79 Å². The monoisotopic (exact) mass is 296 g/mol. The van der Waals surface area contributed by atoms with Crippen LogP contribution in [0.25, 0.3) is 0 Å². The Hall–Kier alpha value is -1.26. The molecule has 1 aliphatic carbocycles. The average Bonchev–Trinajstić information content (AvgIpc) is 2.48. The molecule has 2 N–H and O–H groups in total. The van der Waals surface area contributed by atoms with E-state index in [9.17, 15) is 14.7 Å². The first kappa shape index (κ1) is 16.1. The van der Waals surface area contributed by atoms with Gasteiger partial charge >= 0.3 is 12.0 Å². The molecule has 2 fully saturated rings. The number of hydrogen-bond donors (Lipinski definition) is 2. The van der Waals surface area contributed by atoms with E-state index >= 15 is 0 Å². The molecule has 1 saturated heterocycles. The molecule has 0 spiro atoms. The molecule has 1 atom stereocenters. The Kier molecular flexibility index (Phi) is 5.12. The summed E-state index contributed by atoms with van der Waals surface area (Å²) in [6.07, 6.45) is 7.34. The molecule has 0 aromatic rings. The molecule has 1 aliphatic heterocycles. The Morgan fingerprint density at radius 2 is 1.76 bits per heavy atom. The number of urea groups is 1. The largest absolute Gasteiger partial charge is 0.481 e. The zero-order valence-corrected chi connectivity index (χ0v) is 13.2. The predicted molar refractivity (Wildman–Crippen MR) is 81.1 cm³/mol. The Morgan fingerprint density at radius 3 is 2.29 bits per heavy atom. The number of carbonyl (C=O) groups excluding carboxylic acids is 1. The minimum atomic E-state index is -0.752. The molecule has 1 saturated carbocycles. The van der Waals surface area contributed by atoms with Crippen LogP contribution in [-0.4, -0.2) is 41.1 Å². The molecule has 21 heavy (non-hydrogen) atoms. The van der Waals surface area contributed by atoms with E-state index in [1.165, 1.54) is 32.1 Å². The van der Waals surface area contributed by atoms with Crippen molar-refractivity contribution in [1.82, 2.24) is 10.2 Å². The first-order chi connectivity index (χ1) is 9.92. The minimum Gasteiger partial charge on any atom is -0.481 e. The second kappa shape index (κ2) is 6.67. The van der Waals surface area contributed by atoms with E-state index in [1.807, 2.05) is 0 Å². The van der Waals surface area contributed by atoms with Crippen LogP contribution in [0.15, 0.2) is 0 Å². The van der Waals surface area contributed by atoms with E-state index in [1.54, 1.807) is 11.8 Å². The summed E-state index contributed by atoms with van der Waals surface area (Å²) in [6, 6.07) is 0.186. The number of aliphatic carboxylic acids is 1. The van der Waals surface area contributed by atoms with Gasteiger partial charge in [0.1, 0.15) is 0 Å². The number of amides is 2. The Balaban J connectivity index is 1.80. The first-order valence-electron chi connectivity index (χ1n) is 8.21. The molecule has 1 unspecified atom stereocenters. The van der Waals surface area contributed by atoms with E-state index in [4.69, 9.17) is 0 Å². The van der Waals surface area contributed by atoms with Gasteiger partial charge in [0.2, 0.25) is 0 Å². The third kappa shape index (κ3) is 3.89. The zero-order valence-electron chi connectivity index (χ0n) is 13.2. The number of carbonyl (C=O) groups is 2. The summed E-state index contributed by atoms with van der Waals surface area (Å²) in [5.41, 5.74) is -0.675. The molecular formula is C16H28N2O3. The van der Waals surface area contributed by atoms with Crippen LogP contribution >= 0.6 is 0 Å². The fourth-order valence-electron chi connectivity index (χ4n) is 3.46. The maximum atomic E-state index is 12.3. The third-order valence-electron chi connectivity index (χ3n) is 5.38. The van der Waals surface area contributed by atoms with Crippen LogP contribution in [0.3, 0.4) is 0 Å². The molecule has 0 radical (unpaired) electrons. The van der Waals surface area contributed by atoms with Gasteiger partial charge in [0, 0.05) is 19.1 Å². The van der Waals surface area contributed by atoms with Crippen LogP contribution in [0.5, 0.6) is 0 Å². The van der Waals surface area contributed by atoms with Gasteiger partial charge in [-0.1, -0.05) is 19.3 Å². The van der Waals surface area contributed by atoms with E-state index in [2.05, 4.69) is 12.2 Å². The van der Waals surface area contributed by atoms with Crippen molar-refractivity contribution in [3.05, 3.63) is 0 Å². The standard InChI is InChI=1S/C16H28N2O3/c1-12(13-6-4-3-5-7-13)17-15(21)18-10-8-16(2,9-11-18)14(19)20/h12-13H,3-11H2,1-2H3,(H,17,21)(H,19,20). The molecule has 0 aromatic carbocycles. The predicted octanol–water partition coefficient (Wildman–Crippen LogP) is 2.85. The number of nitrogens with zero attached hydrogens (tertiary/aromatic N) is 1. The fourth-order valence-corrected chi connectivity index (χ4v) is 3.46. The molecule has 2 rings (SSSR count). The molecule has 0 aromatic heterocycles. The maximum Gasteiger partial charge on any atom is 0.317 e. The lowest BCUT2D eigenvalue weighted by Crippen LogP contribution is -2.51. The Bertz CT molecular complexity index is 383. The van der Waals surface area contributed by atoms with Gasteiger partial charge in [-0.25, -0.2) is 4.79 Å². The number of hydrogen-bond acceptors (Lipinski definition) is 2. The molecular weight excluding hydrogens is 268 g/mol. The number of rotatable bonds is 3.